The molecule has 2 N–H and O–H groups in total. The minimum Gasteiger partial charge on any atom is -0.486 e. The first-order chi connectivity index (χ1) is 14.3. The molecule has 3 rings (SSSR count). The van der Waals surface area contributed by atoms with Gasteiger partial charge in [-0.3, -0.25) is 9.59 Å². The van der Waals surface area contributed by atoms with Crippen LogP contribution < -0.4 is 20.1 Å². The molecular weight excluding hydrogens is 404 g/mol. The molecule has 0 aliphatic carbocycles. The zero-order valence-electron chi connectivity index (χ0n) is 17.4. The van der Waals surface area contributed by atoms with Gasteiger partial charge < -0.3 is 20.1 Å². The van der Waals surface area contributed by atoms with E-state index in [0.29, 0.717) is 41.7 Å². The molecule has 7 heteroatoms. The lowest BCUT2D eigenvalue weighted by Gasteiger charge is -2.24. The van der Waals surface area contributed by atoms with E-state index in [1.165, 1.54) is 0 Å². The molecule has 2 atom stereocenters. The molecule has 2 aromatic carbocycles. The van der Waals surface area contributed by atoms with Crippen molar-refractivity contribution >= 4 is 23.4 Å². The van der Waals surface area contributed by atoms with Gasteiger partial charge in [-0.2, -0.15) is 0 Å². The molecule has 6 nitrogen and oxygen atoms in total. The topological polar surface area (TPSA) is 76.7 Å². The molecule has 0 radical (unpaired) electrons. The Bertz CT molecular complexity index is 899. The number of benzene rings is 2. The Morgan fingerprint density at radius 1 is 0.967 bits per heavy atom. The lowest BCUT2D eigenvalue weighted by molar-refractivity contribution is -0.124. The number of amides is 2. The largest absolute Gasteiger partial charge is 0.486 e. The quantitative estimate of drug-likeness (QED) is 0.692. The van der Waals surface area contributed by atoms with Crippen LogP contribution in [0.25, 0.3) is 0 Å². The minimum atomic E-state index is -0.646. The van der Waals surface area contributed by atoms with Gasteiger partial charge in [0.25, 0.3) is 5.91 Å². The fourth-order valence-corrected chi connectivity index (χ4v) is 3.40. The van der Waals surface area contributed by atoms with Gasteiger partial charge in [-0.25, -0.2) is 0 Å². The van der Waals surface area contributed by atoms with Crippen molar-refractivity contribution in [1.82, 2.24) is 10.6 Å². The van der Waals surface area contributed by atoms with Gasteiger partial charge in [-0.1, -0.05) is 31.5 Å². The molecule has 1 aliphatic rings. The number of hydrogen-bond donors (Lipinski definition) is 2. The van der Waals surface area contributed by atoms with Crippen molar-refractivity contribution in [3.05, 3.63) is 58.6 Å². The number of nitrogens with one attached hydrogen (secondary N) is 2. The van der Waals surface area contributed by atoms with Crippen molar-refractivity contribution in [2.24, 2.45) is 5.92 Å². The van der Waals surface area contributed by atoms with Gasteiger partial charge in [-0.05, 0) is 61.2 Å². The van der Waals surface area contributed by atoms with Gasteiger partial charge in [0.2, 0.25) is 5.91 Å². The average molecular weight is 431 g/mol. The Kier molecular flexibility index (Phi) is 7.21. The minimum absolute atomic E-state index is 0.228. The molecule has 2 unspecified atom stereocenters. The molecule has 0 bridgehead atoms. The van der Waals surface area contributed by atoms with Crippen LogP contribution in [0.2, 0.25) is 5.02 Å². The Labute approximate surface area is 181 Å². The van der Waals surface area contributed by atoms with Crippen LogP contribution in [0.4, 0.5) is 0 Å². The van der Waals surface area contributed by atoms with Crippen LogP contribution in [-0.2, 0) is 4.79 Å². The highest BCUT2D eigenvalue weighted by molar-refractivity contribution is 6.30. The SMILES string of the molecule is CC(C)CC(NC(=O)c1ccc(Cl)cc1)C(=O)NC(C)c1ccc2c(c1)OCCO2. The summed E-state index contributed by atoms with van der Waals surface area (Å²) in [5, 5.41) is 6.41. The summed E-state index contributed by atoms with van der Waals surface area (Å²) in [5.41, 5.74) is 1.36. The summed E-state index contributed by atoms with van der Waals surface area (Å²) in [4.78, 5) is 25.6. The standard InChI is InChI=1S/C23H27ClN2O4/c1-14(2)12-19(26-22(27)16-4-7-18(24)8-5-16)23(28)25-15(3)17-6-9-20-21(13-17)30-11-10-29-20/h4-9,13-15,19H,10-12H2,1-3H3,(H,25,28)(H,26,27). The third-order valence-electron chi connectivity index (χ3n) is 4.86. The molecular formula is C23H27ClN2O4. The molecule has 0 saturated carbocycles. The van der Waals surface area contributed by atoms with Gasteiger partial charge in [-0.15, -0.1) is 0 Å². The van der Waals surface area contributed by atoms with E-state index in [1.807, 2.05) is 39.0 Å². The van der Waals surface area contributed by atoms with Crippen LogP contribution in [0.5, 0.6) is 11.5 Å². The number of carbonyl (C=O) groups excluding carboxylic acids is 2. The van der Waals surface area contributed by atoms with Crippen LogP contribution >= 0.6 is 11.6 Å². The summed E-state index contributed by atoms with van der Waals surface area (Å²) < 4.78 is 11.2. The number of halogens is 1. The summed E-state index contributed by atoms with van der Waals surface area (Å²) in [6, 6.07) is 11.3. The van der Waals surface area contributed by atoms with Gasteiger partial charge in [0.05, 0.1) is 6.04 Å². The monoisotopic (exact) mass is 430 g/mol. The van der Waals surface area contributed by atoms with Crippen LogP contribution in [0.15, 0.2) is 42.5 Å². The van der Waals surface area contributed by atoms with Gasteiger partial charge in [0, 0.05) is 10.6 Å². The fraction of sp³-hybridized carbons (Fsp3) is 0.391. The number of ether oxygens (including phenoxy) is 2. The highest BCUT2D eigenvalue weighted by Gasteiger charge is 2.24. The van der Waals surface area contributed by atoms with Crippen molar-refractivity contribution in [3.63, 3.8) is 0 Å². The summed E-state index contributed by atoms with van der Waals surface area (Å²) >= 11 is 5.89. The van der Waals surface area contributed by atoms with Crippen molar-refractivity contribution in [1.29, 1.82) is 0 Å². The summed E-state index contributed by atoms with van der Waals surface area (Å²) in [6.07, 6.45) is 0.527. The van der Waals surface area contributed by atoms with E-state index in [9.17, 15) is 9.59 Å². The van der Waals surface area contributed by atoms with Crippen LogP contribution in [0, 0.1) is 5.92 Å². The summed E-state index contributed by atoms with van der Waals surface area (Å²) in [6.45, 7) is 6.96. The van der Waals surface area contributed by atoms with E-state index in [0.717, 1.165) is 5.56 Å². The van der Waals surface area contributed by atoms with E-state index in [4.69, 9.17) is 21.1 Å². The second kappa shape index (κ2) is 9.85. The number of carbonyl (C=O) groups is 2. The van der Waals surface area contributed by atoms with Crippen LogP contribution in [0.1, 0.15) is 49.2 Å². The summed E-state index contributed by atoms with van der Waals surface area (Å²) in [7, 11) is 0. The molecule has 0 fully saturated rings. The molecule has 1 aliphatic heterocycles. The molecule has 0 aromatic heterocycles. The van der Waals surface area contributed by atoms with E-state index in [1.54, 1.807) is 24.3 Å². The number of hydrogen-bond acceptors (Lipinski definition) is 4. The van der Waals surface area contributed by atoms with E-state index in [-0.39, 0.29) is 23.8 Å². The average Bonchev–Trinajstić information content (AvgIpc) is 2.72. The Morgan fingerprint density at radius 3 is 2.30 bits per heavy atom. The maximum absolute atomic E-state index is 13.0. The number of rotatable bonds is 7. The van der Waals surface area contributed by atoms with E-state index >= 15 is 0 Å². The Balaban J connectivity index is 1.68. The molecule has 0 saturated heterocycles. The molecule has 2 aromatic rings. The van der Waals surface area contributed by atoms with Crippen LogP contribution in [0.3, 0.4) is 0 Å². The smallest absolute Gasteiger partial charge is 0.251 e. The normalized spacial score (nSPS) is 14.7. The fourth-order valence-electron chi connectivity index (χ4n) is 3.27. The van der Waals surface area contributed by atoms with Crippen molar-refractivity contribution in [2.75, 3.05) is 13.2 Å². The molecule has 160 valence electrons. The molecule has 30 heavy (non-hydrogen) atoms. The Morgan fingerprint density at radius 2 is 1.63 bits per heavy atom. The molecule has 2 amide bonds. The van der Waals surface area contributed by atoms with Crippen molar-refractivity contribution in [3.8, 4) is 11.5 Å². The first kappa shape index (κ1) is 22.0. The molecule has 1 heterocycles. The predicted octanol–water partition coefficient (Wildman–Crippen LogP) is 4.13. The van der Waals surface area contributed by atoms with Gasteiger partial charge in [0.15, 0.2) is 11.5 Å². The number of fused-ring (bicyclic) bond motifs is 1. The zero-order valence-corrected chi connectivity index (χ0v) is 18.2. The van der Waals surface area contributed by atoms with Gasteiger partial charge >= 0.3 is 0 Å². The second-order valence-corrected chi connectivity index (χ2v) is 8.23. The predicted molar refractivity (Wildman–Crippen MR) is 116 cm³/mol. The van der Waals surface area contributed by atoms with Crippen LogP contribution in [-0.4, -0.2) is 31.1 Å². The first-order valence-electron chi connectivity index (χ1n) is 10.1. The van der Waals surface area contributed by atoms with Gasteiger partial charge in [0.1, 0.15) is 19.3 Å². The highest BCUT2D eigenvalue weighted by atomic mass is 35.5. The maximum atomic E-state index is 13.0. The van der Waals surface area contributed by atoms with E-state index in [2.05, 4.69) is 10.6 Å². The Hall–Kier alpha value is -2.73. The lowest BCUT2D eigenvalue weighted by Crippen LogP contribution is -2.48. The summed E-state index contributed by atoms with van der Waals surface area (Å²) in [5.74, 6) is 1.08. The first-order valence-corrected chi connectivity index (χ1v) is 10.5. The van der Waals surface area contributed by atoms with Crippen molar-refractivity contribution in [2.45, 2.75) is 39.3 Å². The van der Waals surface area contributed by atoms with Crippen molar-refractivity contribution < 1.29 is 19.1 Å². The maximum Gasteiger partial charge on any atom is 0.251 e. The third-order valence-corrected chi connectivity index (χ3v) is 5.11. The molecule has 0 spiro atoms. The second-order valence-electron chi connectivity index (χ2n) is 7.80. The zero-order chi connectivity index (χ0) is 21.7. The highest BCUT2D eigenvalue weighted by Crippen LogP contribution is 2.32. The third kappa shape index (κ3) is 5.66. The lowest BCUT2D eigenvalue weighted by atomic mass is 10.0. The van der Waals surface area contributed by atoms with E-state index < -0.39 is 6.04 Å².